The smallest absolute Gasteiger partial charge is 0.0645 e. The summed E-state index contributed by atoms with van der Waals surface area (Å²) in [6, 6.07) is 8.89. The average molecular weight is 288 g/mol. The zero-order valence-electron chi connectivity index (χ0n) is 13.6. The highest BCUT2D eigenvalue weighted by molar-refractivity contribution is 5.80. The largest absolute Gasteiger partial charge is 0.380 e. The Labute approximate surface area is 128 Å². The molecule has 0 radical (unpaired) electrons. The van der Waals surface area contributed by atoms with E-state index in [1.165, 1.54) is 16.5 Å². The van der Waals surface area contributed by atoms with E-state index in [0.717, 1.165) is 39.3 Å². The monoisotopic (exact) mass is 288 g/mol. The third-order valence-electron chi connectivity index (χ3n) is 3.73. The highest BCUT2D eigenvalue weighted by atomic mass is 16.5. The number of fused-ring (bicyclic) bond motifs is 1. The number of hydrogen-bond acceptors (Lipinski definition) is 2. The molecule has 0 bridgehead atoms. The molecule has 0 saturated carbocycles. The molecule has 0 unspecified atom stereocenters. The number of nitrogens with zero attached hydrogens (tertiary/aromatic N) is 1. The van der Waals surface area contributed by atoms with Gasteiger partial charge in [0.15, 0.2) is 0 Å². The molecule has 0 aliphatic heterocycles. The molecule has 0 fully saturated rings. The summed E-state index contributed by atoms with van der Waals surface area (Å²) in [5.74, 6) is 0.715. The number of aromatic nitrogens is 1. The van der Waals surface area contributed by atoms with E-state index in [4.69, 9.17) is 4.74 Å². The van der Waals surface area contributed by atoms with Crippen LogP contribution in [0.2, 0.25) is 0 Å². The van der Waals surface area contributed by atoms with Crippen LogP contribution in [0.3, 0.4) is 0 Å². The Bertz CT molecular complexity index is 545. The number of benzene rings is 1. The molecule has 0 amide bonds. The summed E-state index contributed by atoms with van der Waals surface area (Å²) in [5.41, 5.74) is 2.64. The fourth-order valence-corrected chi connectivity index (χ4v) is 2.41. The topological polar surface area (TPSA) is 26.2 Å². The Morgan fingerprint density at radius 1 is 1.19 bits per heavy atom. The van der Waals surface area contributed by atoms with Crippen molar-refractivity contribution >= 4 is 10.9 Å². The third kappa shape index (κ3) is 4.87. The van der Waals surface area contributed by atoms with Gasteiger partial charge >= 0.3 is 0 Å². The van der Waals surface area contributed by atoms with E-state index in [-0.39, 0.29) is 0 Å². The van der Waals surface area contributed by atoms with Crippen LogP contribution < -0.4 is 5.32 Å². The Kier molecular flexibility index (Phi) is 6.27. The molecule has 1 heterocycles. The SMILES string of the molecule is CCNCc1ccc2c(ccn2CCOCCC(C)C)c1. The van der Waals surface area contributed by atoms with E-state index in [1.807, 2.05) is 0 Å². The van der Waals surface area contributed by atoms with E-state index in [9.17, 15) is 0 Å². The van der Waals surface area contributed by atoms with Crippen molar-refractivity contribution in [1.82, 2.24) is 9.88 Å². The molecular weight excluding hydrogens is 260 g/mol. The van der Waals surface area contributed by atoms with Crippen LogP contribution in [0.25, 0.3) is 10.9 Å². The zero-order chi connectivity index (χ0) is 15.1. The fourth-order valence-electron chi connectivity index (χ4n) is 2.41. The van der Waals surface area contributed by atoms with Gasteiger partial charge < -0.3 is 14.6 Å². The maximum atomic E-state index is 5.71. The van der Waals surface area contributed by atoms with E-state index in [0.29, 0.717) is 5.92 Å². The van der Waals surface area contributed by atoms with Crippen LogP contribution in [0.15, 0.2) is 30.5 Å². The van der Waals surface area contributed by atoms with Gasteiger partial charge in [-0.2, -0.15) is 0 Å². The molecule has 1 aromatic heterocycles. The Morgan fingerprint density at radius 3 is 2.81 bits per heavy atom. The van der Waals surface area contributed by atoms with E-state index in [1.54, 1.807) is 0 Å². The predicted molar refractivity (Wildman–Crippen MR) is 89.6 cm³/mol. The summed E-state index contributed by atoms with van der Waals surface area (Å²) < 4.78 is 7.99. The summed E-state index contributed by atoms with van der Waals surface area (Å²) in [4.78, 5) is 0. The molecule has 1 aromatic carbocycles. The number of ether oxygens (including phenoxy) is 1. The van der Waals surface area contributed by atoms with Crippen LogP contribution in [-0.4, -0.2) is 24.3 Å². The van der Waals surface area contributed by atoms with Crippen LogP contribution in [0.1, 0.15) is 32.8 Å². The lowest BCUT2D eigenvalue weighted by Gasteiger charge is -2.09. The lowest BCUT2D eigenvalue weighted by atomic mass is 10.1. The van der Waals surface area contributed by atoms with Crippen molar-refractivity contribution in [1.29, 1.82) is 0 Å². The van der Waals surface area contributed by atoms with Crippen molar-refractivity contribution in [2.75, 3.05) is 19.8 Å². The maximum absolute atomic E-state index is 5.71. The Balaban J connectivity index is 1.89. The minimum absolute atomic E-state index is 0.715. The first-order valence-corrected chi connectivity index (χ1v) is 8.07. The summed E-state index contributed by atoms with van der Waals surface area (Å²) in [7, 11) is 0. The van der Waals surface area contributed by atoms with Gasteiger partial charge in [-0.1, -0.05) is 26.8 Å². The maximum Gasteiger partial charge on any atom is 0.0645 e. The second-order valence-corrected chi connectivity index (χ2v) is 5.98. The fraction of sp³-hybridized carbons (Fsp3) is 0.556. The average Bonchev–Trinajstić information content (AvgIpc) is 2.87. The van der Waals surface area contributed by atoms with Gasteiger partial charge in [-0.15, -0.1) is 0 Å². The van der Waals surface area contributed by atoms with E-state index < -0.39 is 0 Å². The van der Waals surface area contributed by atoms with Crippen molar-refractivity contribution in [3.05, 3.63) is 36.0 Å². The van der Waals surface area contributed by atoms with Gasteiger partial charge in [0.25, 0.3) is 0 Å². The highest BCUT2D eigenvalue weighted by Gasteiger charge is 2.02. The summed E-state index contributed by atoms with van der Waals surface area (Å²) in [6.45, 7) is 11.1. The third-order valence-corrected chi connectivity index (χ3v) is 3.73. The van der Waals surface area contributed by atoms with Crippen LogP contribution in [0.5, 0.6) is 0 Å². The molecule has 116 valence electrons. The van der Waals surface area contributed by atoms with Crippen LogP contribution in [-0.2, 0) is 17.8 Å². The van der Waals surface area contributed by atoms with Crippen LogP contribution >= 0.6 is 0 Å². The van der Waals surface area contributed by atoms with Gasteiger partial charge in [-0.25, -0.2) is 0 Å². The summed E-state index contributed by atoms with van der Waals surface area (Å²) in [5, 5.41) is 4.68. The quantitative estimate of drug-likeness (QED) is 0.710. The van der Waals surface area contributed by atoms with Crippen molar-refractivity contribution in [3.8, 4) is 0 Å². The molecule has 2 rings (SSSR count). The molecule has 0 spiro atoms. The van der Waals surface area contributed by atoms with Gasteiger partial charge in [-0.3, -0.25) is 0 Å². The summed E-state index contributed by atoms with van der Waals surface area (Å²) in [6.07, 6.45) is 3.30. The minimum Gasteiger partial charge on any atom is -0.380 e. The number of nitrogens with one attached hydrogen (secondary N) is 1. The van der Waals surface area contributed by atoms with Crippen LogP contribution in [0.4, 0.5) is 0 Å². The molecule has 0 saturated heterocycles. The first-order chi connectivity index (χ1) is 10.2. The zero-order valence-corrected chi connectivity index (χ0v) is 13.6. The summed E-state index contributed by atoms with van der Waals surface area (Å²) >= 11 is 0. The van der Waals surface area contributed by atoms with Gasteiger partial charge in [0.05, 0.1) is 6.61 Å². The van der Waals surface area contributed by atoms with Crippen molar-refractivity contribution in [3.63, 3.8) is 0 Å². The molecule has 1 N–H and O–H groups in total. The molecular formula is C18H28N2O. The predicted octanol–water partition coefficient (Wildman–Crippen LogP) is 3.81. The molecule has 2 aromatic rings. The highest BCUT2D eigenvalue weighted by Crippen LogP contribution is 2.17. The van der Waals surface area contributed by atoms with Gasteiger partial charge in [0.1, 0.15) is 0 Å². The van der Waals surface area contributed by atoms with Crippen LogP contribution in [0, 0.1) is 5.92 Å². The van der Waals surface area contributed by atoms with Gasteiger partial charge in [0, 0.05) is 31.4 Å². The lowest BCUT2D eigenvalue weighted by Crippen LogP contribution is -2.11. The first kappa shape index (κ1) is 16.1. The van der Waals surface area contributed by atoms with Crippen molar-refractivity contribution in [2.45, 2.75) is 40.3 Å². The normalized spacial score (nSPS) is 11.6. The standard InChI is InChI=1S/C18H28N2O/c1-4-19-14-16-5-6-18-17(13-16)7-9-20(18)10-12-21-11-8-15(2)3/h5-7,9,13,15,19H,4,8,10-12,14H2,1-3H3. The van der Waals surface area contributed by atoms with E-state index >= 15 is 0 Å². The van der Waals surface area contributed by atoms with Gasteiger partial charge in [0.2, 0.25) is 0 Å². The van der Waals surface area contributed by atoms with Gasteiger partial charge in [-0.05, 0) is 48.0 Å². The molecule has 0 atom stereocenters. The Morgan fingerprint density at radius 2 is 2.05 bits per heavy atom. The number of rotatable bonds is 9. The van der Waals surface area contributed by atoms with E-state index in [2.05, 4.69) is 61.1 Å². The second kappa shape index (κ2) is 8.20. The van der Waals surface area contributed by atoms with Crippen molar-refractivity contribution in [2.24, 2.45) is 5.92 Å². The molecule has 21 heavy (non-hydrogen) atoms. The first-order valence-electron chi connectivity index (χ1n) is 8.07. The Hall–Kier alpha value is -1.32. The van der Waals surface area contributed by atoms with Crippen molar-refractivity contribution < 1.29 is 4.74 Å². The molecule has 0 aliphatic carbocycles. The second-order valence-electron chi connectivity index (χ2n) is 5.98. The lowest BCUT2D eigenvalue weighted by molar-refractivity contribution is 0.117. The minimum atomic E-state index is 0.715. The molecule has 0 aliphatic rings. The molecule has 3 nitrogen and oxygen atoms in total. The molecule has 3 heteroatoms. The number of hydrogen-bond donors (Lipinski definition) is 1.